The molecule has 0 aromatic heterocycles. The summed E-state index contributed by atoms with van der Waals surface area (Å²) in [4.78, 5) is 2.75. The fourth-order valence-corrected chi connectivity index (χ4v) is 4.21. The molecule has 4 rings (SSSR count). The highest BCUT2D eigenvalue weighted by Crippen LogP contribution is 2.37. The molecule has 2 nitrogen and oxygen atoms in total. The van der Waals surface area contributed by atoms with E-state index in [0.29, 0.717) is 6.04 Å². The Morgan fingerprint density at radius 2 is 1.41 bits per heavy atom. The van der Waals surface area contributed by atoms with Crippen molar-refractivity contribution in [3.05, 3.63) is 66.2 Å². The van der Waals surface area contributed by atoms with Crippen molar-refractivity contribution in [3.8, 4) is 0 Å². The van der Waals surface area contributed by atoms with Crippen LogP contribution in [0.3, 0.4) is 0 Å². The number of anilines is 1. The van der Waals surface area contributed by atoms with Gasteiger partial charge in [0.05, 0.1) is 0 Å². The minimum atomic E-state index is 0.631. The number of nitrogens with one attached hydrogen (secondary N) is 1. The van der Waals surface area contributed by atoms with Crippen molar-refractivity contribution in [2.75, 3.05) is 5.32 Å². The van der Waals surface area contributed by atoms with Gasteiger partial charge in [-0.15, -0.1) is 0 Å². The van der Waals surface area contributed by atoms with Gasteiger partial charge in [0.25, 0.3) is 0 Å². The fourth-order valence-electron chi connectivity index (χ4n) is 4.21. The molecule has 114 valence electrons. The van der Waals surface area contributed by atoms with Gasteiger partial charge >= 0.3 is 0 Å². The van der Waals surface area contributed by atoms with Gasteiger partial charge in [0, 0.05) is 30.4 Å². The van der Waals surface area contributed by atoms with Crippen LogP contribution in [0.2, 0.25) is 0 Å². The van der Waals surface area contributed by atoms with Crippen LogP contribution in [0.15, 0.2) is 60.7 Å². The fraction of sp³-hybridized carbons (Fsp3) is 0.400. The van der Waals surface area contributed by atoms with Gasteiger partial charge in [0.15, 0.2) is 0 Å². The van der Waals surface area contributed by atoms with Gasteiger partial charge in [-0.1, -0.05) is 48.5 Å². The number of hydrogen-bond acceptors (Lipinski definition) is 2. The Labute approximate surface area is 133 Å². The first-order valence-electron chi connectivity index (χ1n) is 8.50. The predicted octanol–water partition coefficient (Wildman–Crippen LogP) is 4.29. The quantitative estimate of drug-likeness (QED) is 0.904. The summed E-state index contributed by atoms with van der Waals surface area (Å²) in [6.45, 7) is 1.12. The highest BCUT2D eigenvalue weighted by atomic mass is 15.2. The molecule has 2 heterocycles. The van der Waals surface area contributed by atoms with Gasteiger partial charge in [0.1, 0.15) is 0 Å². The second-order valence-corrected chi connectivity index (χ2v) is 6.72. The first-order valence-corrected chi connectivity index (χ1v) is 8.50. The largest absolute Gasteiger partial charge is 0.382 e. The highest BCUT2D eigenvalue weighted by Gasteiger charge is 2.40. The lowest BCUT2D eigenvalue weighted by molar-refractivity contribution is 0.124. The van der Waals surface area contributed by atoms with Gasteiger partial charge in [-0.3, -0.25) is 4.90 Å². The maximum absolute atomic E-state index is 3.74. The average molecular weight is 292 g/mol. The normalized spacial score (nSPS) is 27.7. The van der Waals surface area contributed by atoms with E-state index in [0.717, 1.165) is 18.6 Å². The molecule has 2 heteroatoms. The van der Waals surface area contributed by atoms with E-state index in [1.165, 1.54) is 36.9 Å². The van der Waals surface area contributed by atoms with Gasteiger partial charge in [-0.25, -0.2) is 0 Å². The monoisotopic (exact) mass is 292 g/mol. The van der Waals surface area contributed by atoms with Crippen LogP contribution in [0.4, 0.5) is 5.69 Å². The molecule has 2 saturated heterocycles. The Bertz CT molecular complexity index is 582. The van der Waals surface area contributed by atoms with Gasteiger partial charge in [-0.05, 0) is 43.4 Å². The van der Waals surface area contributed by atoms with Crippen LogP contribution >= 0.6 is 0 Å². The van der Waals surface area contributed by atoms with Gasteiger partial charge < -0.3 is 5.32 Å². The molecular formula is C20H24N2. The Kier molecular flexibility index (Phi) is 3.86. The summed E-state index contributed by atoms with van der Waals surface area (Å²) in [5, 5.41) is 3.74. The SMILES string of the molecule is c1ccc(CN2C3CCC2CC(Nc2ccccc2)C3)cc1. The average Bonchev–Trinajstić information content (AvgIpc) is 2.80. The third-order valence-corrected chi connectivity index (χ3v) is 5.24. The van der Waals surface area contributed by atoms with Crippen molar-refractivity contribution in [1.29, 1.82) is 0 Å². The molecule has 0 aliphatic carbocycles. The van der Waals surface area contributed by atoms with Crippen molar-refractivity contribution in [3.63, 3.8) is 0 Å². The lowest BCUT2D eigenvalue weighted by Crippen LogP contribution is -2.46. The van der Waals surface area contributed by atoms with Crippen LogP contribution in [0.25, 0.3) is 0 Å². The zero-order valence-corrected chi connectivity index (χ0v) is 13.0. The molecule has 22 heavy (non-hydrogen) atoms. The summed E-state index contributed by atoms with van der Waals surface area (Å²) in [6, 6.07) is 23.7. The third kappa shape index (κ3) is 2.89. The van der Waals surface area contributed by atoms with Crippen LogP contribution in [0.1, 0.15) is 31.2 Å². The van der Waals surface area contributed by atoms with E-state index in [4.69, 9.17) is 0 Å². The van der Waals surface area contributed by atoms with Gasteiger partial charge in [0.2, 0.25) is 0 Å². The minimum Gasteiger partial charge on any atom is -0.382 e. The van der Waals surface area contributed by atoms with E-state index in [9.17, 15) is 0 Å². The standard InChI is InChI=1S/C20H24N2/c1-3-7-16(8-4-1)15-22-19-11-12-20(22)14-18(13-19)21-17-9-5-2-6-10-17/h1-10,18-21H,11-15H2. The van der Waals surface area contributed by atoms with Crippen LogP contribution < -0.4 is 5.32 Å². The zero-order chi connectivity index (χ0) is 14.8. The van der Waals surface area contributed by atoms with Crippen LogP contribution in [0, 0.1) is 0 Å². The first kappa shape index (κ1) is 13.8. The highest BCUT2D eigenvalue weighted by molar-refractivity contribution is 5.43. The summed E-state index contributed by atoms with van der Waals surface area (Å²) in [7, 11) is 0. The maximum atomic E-state index is 3.74. The summed E-state index contributed by atoms with van der Waals surface area (Å²) >= 11 is 0. The van der Waals surface area contributed by atoms with E-state index < -0.39 is 0 Å². The van der Waals surface area contributed by atoms with Crippen molar-refractivity contribution in [1.82, 2.24) is 4.90 Å². The Hall–Kier alpha value is -1.80. The smallest absolute Gasteiger partial charge is 0.0342 e. The molecule has 2 aliphatic rings. The molecule has 0 spiro atoms. The van der Waals surface area contributed by atoms with Crippen molar-refractivity contribution in [2.24, 2.45) is 0 Å². The lowest BCUT2D eigenvalue weighted by Gasteiger charge is -2.39. The van der Waals surface area contributed by atoms with E-state index in [1.54, 1.807) is 0 Å². The van der Waals surface area contributed by atoms with Crippen LogP contribution in [-0.2, 0) is 6.54 Å². The number of rotatable bonds is 4. The molecule has 2 atom stereocenters. The Balaban J connectivity index is 1.41. The summed E-state index contributed by atoms with van der Waals surface area (Å²) in [5.74, 6) is 0. The molecule has 2 fully saturated rings. The van der Waals surface area contributed by atoms with E-state index in [-0.39, 0.29) is 0 Å². The molecule has 0 saturated carbocycles. The zero-order valence-electron chi connectivity index (χ0n) is 13.0. The number of para-hydroxylation sites is 1. The van der Waals surface area contributed by atoms with E-state index in [2.05, 4.69) is 70.9 Å². The van der Waals surface area contributed by atoms with Crippen LogP contribution in [-0.4, -0.2) is 23.0 Å². The van der Waals surface area contributed by atoms with E-state index >= 15 is 0 Å². The van der Waals surface area contributed by atoms with Gasteiger partial charge in [-0.2, -0.15) is 0 Å². The lowest BCUT2D eigenvalue weighted by atomic mass is 9.96. The third-order valence-electron chi connectivity index (χ3n) is 5.24. The summed E-state index contributed by atoms with van der Waals surface area (Å²) in [5.41, 5.74) is 2.72. The Morgan fingerprint density at radius 3 is 2.05 bits per heavy atom. The second kappa shape index (κ2) is 6.13. The second-order valence-electron chi connectivity index (χ2n) is 6.72. The van der Waals surface area contributed by atoms with Crippen molar-refractivity contribution in [2.45, 2.75) is 50.4 Å². The molecule has 0 radical (unpaired) electrons. The number of nitrogens with zero attached hydrogens (tertiary/aromatic N) is 1. The minimum absolute atomic E-state index is 0.631. The topological polar surface area (TPSA) is 15.3 Å². The molecular weight excluding hydrogens is 268 g/mol. The first-order chi connectivity index (χ1) is 10.9. The van der Waals surface area contributed by atoms with Crippen molar-refractivity contribution >= 4 is 5.69 Å². The predicted molar refractivity (Wildman–Crippen MR) is 91.9 cm³/mol. The maximum Gasteiger partial charge on any atom is 0.0342 e. The molecule has 2 aromatic carbocycles. The number of hydrogen-bond donors (Lipinski definition) is 1. The van der Waals surface area contributed by atoms with Crippen molar-refractivity contribution < 1.29 is 0 Å². The molecule has 0 amide bonds. The Morgan fingerprint density at radius 1 is 0.818 bits per heavy atom. The van der Waals surface area contributed by atoms with E-state index in [1.807, 2.05) is 0 Å². The number of fused-ring (bicyclic) bond motifs is 2. The summed E-state index contributed by atoms with van der Waals surface area (Å²) in [6.07, 6.45) is 5.28. The molecule has 2 unspecified atom stereocenters. The summed E-state index contributed by atoms with van der Waals surface area (Å²) < 4.78 is 0. The van der Waals surface area contributed by atoms with Crippen LogP contribution in [0.5, 0.6) is 0 Å². The molecule has 2 aliphatic heterocycles. The molecule has 2 bridgehead atoms. The number of piperidine rings is 1. The number of benzene rings is 2. The molecule has 1 N–H and O–H groups in total. The molecule has 2 aromatic rings.